The zero-order chi connectivity index (χ0) is 84.2. The van der Waals surface area contributed by atoms with E-state index < -0.39 is 0 Å². The maximum absolute atomic E-state index is 10.0. The molecule has 17 heteroatoms. The Labute approximate surface area is 805 Å². The first kappa shape index (κ1) is 93.0. The summed E-state index contributed by atoms with van der Waals surface area (Å²) >= 11 is 0. The summed E-state index contributed by atoms with van der Waals surface area (Å²) in [5, 5.41) is 26.0. The van der Waals surface area contributed by atoms with Gasteiger partial charge in [0.05, 0.1) is 51.1 Å². The number of hydrogen-bond donors (Lipinski definition) is 1. The largest absolute Gasteiger partial charge is 0.512 e. The van der Waals surface area contributed by atoms with Gasteiger partial charge in [-0.15, -0.1) is 148 Å². The number of aromatic nitrogens is 10. The molecule has 0 saturated heterocycles. The minimum atomic E-state index is -0.125. The van der Waals surface area contributed by atoms with E-state index in [0.29, 0.717) is 0 Å². The van der Waals surface area contributed by atoms with Gasteiger partial charge in [0.2, 0.25) is 0 Å². The van der Waals surface area contributed by atoms with Gasteiger partial charge in [0.15, 0.2) is 5.78 Å². The van der Waals surface area contributed by atoms with E-state index in [1.807, 2.05) is 91.9 Å². The van der Waals surface area contributed by atoms with E-state index >= 15 is 0 Å². The van der Waals surface area contributed by atoms with Gasteiger partial charge in [-0.1, -0.05) is 187 Å². The molecule has 0 unspecified atom stereocenters. The Morgan fingerprint density at radius 3 is 0.976 bits per heavy atom. The van der Waals surface area contributed by atoms with E-state index in [0.717, 1.165) is 78.7 Å². The summed E-state index contributed by atoms with van der Waals surface area (Å²) < 4.78 is 11.1. The van der Waals surface area contributed by atoms with Crippen molar-refractivity contribution in [3.8, 4) is 33.8 Å². The van der Waals surface area contributed by atoms with Crippen LogP contribution in [0.4, 0.5) is 0 Å². The van der Waals surface area contributed by atoms with E-state index in [1.54, 1.807) is 0 Å². The van der Waals surface area contributed by atoms with Crippen LogP contribution >= 0.6 is 0 Å². The molecule has 5 radical (unpaired) electrons. The van der Waals surface area contributed by atoms with Crippen molar-refractivity contribution < 1.29 is 110 Å². The van der Waals surface area contributed by atoms with Gasteiger partial charge < -0.3 is 27.1 Å². The fourth-order valence-electron chi connectivity index (χ4n) is 17.9. The minimum Gasteiger partial charge on any atom is -0.512 e. The summed E-state index contributed by atoms with van der Waals surface area (Å²) in [7, 11) is 0. The Kier molecular flexibility index (Phi) is 28.8. The van der Waals surface area contributed by atoms with E-state index in [4.69, 9.17) is 20.1 Å². The number of fused-ring (bicyclic) bond motifs is 30. The predicted octanol–water partition coefficient (Wildman–Crippen LogP) is 27.0. The second kappa shape index (κ2) is 39.3. The molecule has 23 rings (SSSR count). The standard InChI is InChI=1S/C28H27N2.C24H19N2.C23H17N2.2C15H9N2.C5H8O2.5Ir/c1-18-9-8-10-19(2)26(18)25-17-29-27-22-12-7-6-11-21(22)23-15-20(16-28(3,4)5)13-14-24(23)30(25)27;1-15-11-12-21-20(13-15)18-9-4-5-10-19(18)24-25-14-22(26(21)24)23-16(2)7-6-8-17(23)3;1-15-8-7-9-16(2)22(15)21-14-24-23-19-12-4-3-10-17(19)18-11-5-6-13-20(18)25(21)23;2*1-2-7-13-11(5-1)12-6-3-4-8-14(12)17-10-9-16-15(13)17;1-4(6)3-5(2)7;;;;;/h6-11,13-15,17H,16H2,1-5H3;4-9,11-14H,1-3H3;3-11,13-14H,1-2H3;2*1-6,8-10H;3,6H,1-2H3;;;;;/q5*-1;;;;;;. The van der Waals surface area contributed by atoms with Gasteiger partial charge in [-0.3, -0.25) is 29.7 Å². The minimum absolute atomic E-state index is 0. The van der Waals surface area contributed by atoms with Crippen LogP contribution in [0.2, 0.25) is 0 Å². The predicted molar refractivity (Wildman–Crippen MR) is 505 cm³/mol. The molecule has 0 fully saturated rings. The summed E-state index contributed by atoms with van der Waals surface area (Å²) in [5.41, 5.74) is 28.5. The Morgan fingerprint density at radius 1 is 0.339 bits per heavy atom. The molecule has 0 amide bonds. The maximum Gasteiger partial charge on any atom is 0.155 e. The number of rotatable bonds is 5. The Balaban J connectivity index is 0.000000134. The molecule has 10 aromatic heterocycles. The number of carbonyl (C=O) groups is 1. The number of nitrogens with zero attached hydrogens (tertiary/aromatic N) is 10. The van der Waals surface area contributed by atoms with Gasteiger partial charge in [0.25, 0.3) is 0 Å². The van der Waals surface area contributed by atoms with Crippen molar-refractivity contribution in [3.05, 3.63) is 385 Å². The zero-order valence-electron chi connectivity index (χ0n) is 72.1. The molecule has 13 aromatic carbocycles. The van der Waals surface area contributed by atoms with E-state index in [1.165, 1.54) is 163 Å². The fourth-order valence-corrected chi connectivity index (χ4v) is 17.9. The average molecular weight is 2540 g/mol. The normalized spacial score (nSPS) is 11.3. The number of aryl methyl sites for hydroxylation is 7. The third-order valence-corrected chi connectivity index (χ3v) is 22.9. The zero-order valence-corrected chi connectivity index (χ0v) is 84.0. The number of carbonyl (C=O) groups excluding carboxylic acids is 1. The smallest absolute Gasteiger partial charge is 0.155 e. The molecule has 10 heterocycles. The Bertz CT molecular complexity index is 7760. The number of pyridine rings is 5. The molecule has 0 bridgehead atoms. The van der Waals surface area contributed by atoms with Crippen LogP contribution in [0.5, 0.6) is 0 Å². The Hall–Kier alpha value is -11.6. The van der Waals surface area contributed by atoms with Gasteiger partial charge in [-0.05, 0) is 170 Å². The topological polar surface area (TPSA) is 124 Å². The third-order valence-electron chi connectivity index (χ3n) is 22.9. The molecule has 0 aliphatic carbocycles. The van der Waals surface area contributed by atoms with E-state index in [2.05, 4.69) is 338 Å². The summed E-state index contributed by atoms with van der Waals surface area (Å²) in [6.07, 6.45) is 15.9. The van der Waals surface area contributed by atoms with Crippen molar-refractivity contribution in [2.45, 2.75) is 89.5 Å². The molecule has 0 aliphatic rings. The molecule has 0 aliphatic heterocycles. The summed E-state index contributed by atoms with van der Waals surface area (Å²) in [5.74, 6) is -0.0625. The second-order valence-electron chi connectivity index (χ2n) is 32.8. The molecule has 0 saturated carbocycles. The Morgan fingerprint density at radius 2 is 0.638 bits per heavy atom. The maximum atomic E-state index is 10.0. The molecular weight excluding hydrogens is 2450 g/mol. The summed E-state index contributed by atoms with van der Waals surface area (Å²) in [4.78, 5) is 33.3. The van der Waals surface area contributed by atoms with Crippen LogP contribution in [-0.2, 0) is 112 Å². The van der Waals surface area contributed by atoms with Crippen LogP contribution in [-0.4, -0.2) is 57.8 Å². The number of hydrogen-bond acceptors (Lipinski definition) is 7. The van der Waals surface area contributed by atoms with E-state index in [-0.39, 0.29) is 117 Å². The van der Waals surface area contributed by atoms with Crippen LogP contribution in [0.15, 0.2) is 310 Å². The summed E-state index contributed by atoms with van der Waals surface area (Å²) in [6.45, 7) is 24.9. The van der Waals surface area contributed by atoms with Crippen molar-refractivity contribution in [3.63, 3.8) is 0 Å². The first-order valence-corrected chi connectivity index (χ1v) is 41.2. The van der Waals surface area contributed by atoms with Crippen LogP contribution in [0.1, 0.15) is 79.1 Å². The van der Waals surface area contributed by atoms with Gasteiger partial charge >= 0.3 is 0 Å². The number of benzene rings is 13. The molecule has 12 nitrogen and oxygen atoms in total. The van der Waals surface area contributed by atoms with Crippen LogP contribution < -0.4 is 0 Å². The van der Waals surface area contributed by atoms with Crippen molar-refractivity contribution in [1.29, 1.82) is 0 Å². The average Bonchev–Trinajstić information content (AvgIpc) is 1.54. The van der Waals surface area contributed by atoms with Crippen LogP contribution in [0.25, 0.3) is 170 Å². The monoisotopic (exact) mass is 2550 g/mol. The number of aliphatic hydroxyl groups excluding tert-OH is 1. The van der Waals surface area contributed by atoms with Crippen molar-refractivity contribution in [2.75, 3.05) is 0 Å². The molecule has 127 heavy (non-hydrogen) atoms. The van der Waals surface area contributed by atoms with E-state index in [9.17, 15) is 4.79 Å². The number of allylic oxidation sites excluding steroid dienone is 2. The quantitative estimate of drug-likeness (QED) is 0.0788. The van der Waals surface area contributed by atoms with Gasteiger partial charge in [-0.2, -0.15) is 0 Å². The first-order chi connectivity index (χ1) is 59.3. The molecule has 23 aromatic rings. The molecule has 0 spiro atoms. The number of para-hydroxylation sites is 3. The number of aliphatic hydroxyl groups is 1. The van der Waals surface area contributed by atoms with Gasteiger partial charge in [-0.25, -0.2) is 0 Å². The van der Waals surface area contributed by atoms with Crippen LogP contribution in [0, 0.1) is 84.2 Å². The van der Waals surface area contributed by atoms with Crippen molar-refractivity contribution in [2.24, 2.45) is 5.41 Å². The molecule has 0 atom stereocenters. The first-order valence-electron chi connectivity index (χ1n) is 41.2. The molecule has 1 N–H and O–H groups in total. The summed E-state index contributed by atoms with van der Waals surface area (Å²) in [6, 6.07) is 106. The molecule has 641 valence electrons. The van der Waals surface area contributed by atoms with Crippen molar-refractivity contribution >= 4 is 142 Å². The second-order valence-corrected chi connectivity index (χ2v) is 32.8. The third kappa shape index (κ3) is 17.9. The van der Waals surface area contributed by atoms with Gasteiger partial charge in [0, 0.05) is 194 Å². The fraction of sp³-hybridized carbons (Fsp3) is 0.127. The van der Waals surface area contributed by atoms with Crippen molar-refractivity contribution in [1.82, 2.24) is 46.9 Å². The van der Waals surface area contributed by atoms with Crippen LogP contribution in [0.3, 0.4) is 0 Å². The van der Waals surface area contributed by atoms with Gasteiger partial charge in [0.1, 0.15) is 0 Å². The number of imidazole rings is 5. The molecular formula is C110H89Ir5N10O2-5. The number of ketones is 1. The SMILES string of the molecule is CC(=O)C=C(C)O.Cc1ccc2c(c1)c1ccc[c-]c1c1ncc(-c3c(C)cccc3C)n21.Cc1cccc(C)c1-c1cnc2c3[c-]cccc3c3cc(CC(C)(C)C)ccc3n12.Cc1cccc(C)c1-c1cnc2c3[c-]cccc3c3ccccc3n12.[Ir].[Ir].[Ir].[Ir].[Ir].[c-]1cccc2c1c1nccn1c1ccccc21.[c-]1cccc2c1c1nccn1c1ccccc21.